The lowest BCUT2D eigenvalue weighted by Crippen LogP contribution is -2.14. The van der Waals surface area contributed by atoms with Gasteiger partial charge in [0.15, 0.2) is 5.13 Å². The summed E-state index contributed by atoms with van der Waals surface area (Å²) in [4.78, 5) is 16.8. The normalized spacial score (nSPS) is 10.8. The van der Waals surface area contributed by atoms with Crippen LogP contribution < -0.4 is 10.1 Å². The van der Waals surface area contributed by atoms with Gasteiger partial charge in [-0.05, 0) is 55.7 Å². The zero-order valence-electron chi connectivity index (χ0n) is 14.1. The van der Waals surface area contributed by atoms with Gasteiger partial charge < -0.3 is 10.1 Å². The molecule has 0 aliphatic heterocycles. The van der Waals surface area contributed by atoms with E-state index in [4.69, 9.17) is 4.74 Å². The second-order valence-electron chi connectivity index (χ2n) is 5.75. The van der Waals surface area contributed by atoms with Crippen LogP contribution in [0.5, 0.6) is 5.75 Å². The number of nitrogens with zero attached hydrogens (tertiary/aromatic N) is 1. The lowest BCUT2D eigenvalue weighted by Gasteiger charge is -2.05. The van der Waals surface area contributed by atoms with Crippen LogP contribution in [0.15, 0.2) is 36.4 Å². The van der Waals surface area contributed by atoms with Crippen LogP contribution in [0.2, 0.25) is 0 Å². The van der Waals surface area contributed by atoms with Crippen LogP contribution in [0, 0.1) is 13.8 Å². The smallest absolute Gasteiger partial charge is 0.230 e. The summed E-state index contributed by atoms with van der Waals surface area (Å²) in [6.07, 6.45) is 0.320. The molecule has 3 aromatic rings. The Kier molecular flexibility index (Phi) is 4.81. The minimum Gasteiger partial charge on any atom is -0.494 e. The van der Waals surface area contributed by atoms with E-state index in [-0.39, 0.29) is 5.91 Å². The molecule has 3 rings (SSSR count). The van der Waals surface area contributed by atoms with Crippen molar-refractivity contribution in [3.05, 3.63) is 53.1 Å². The van der Waals surface area contributed by atoms with Crippen molar-refractivity contribution < 1.29 is 9.53 Å². The Morgan fingerprint density at radius 1 is 1.21 bits per heavy atom. The van der Waals surface area contributed by atoms with Gasteiger partial charge in [0.05, 0.1) is 23.2 Å². The Morgan fingerprint density at radius 3 is 2.67 bits per heavy atom. The second-order valence-corrected chi connectivity index (χ2v) is 6.78. The molecule has 0 spiro atoms. The summed E-state index contributed by atoms with van der Waals surface area (Å²) in [6, 6.07) is 11.8. The third-order valence-electron chi connectivity index (χ3n) is 3.68. The summed E-state index contributed by atoms with van der Waals surface area (Å²) in [5, 5.41) is 3.55. The predicted molar refractivity (Wildman–Crippen MR) is 99.0 cm³/mol. The zero-order chi connectivity index (χ0) is 17.1. The fourth-order valence-corrected chi connectivity index (χ4v) is 3.70. The highest BCUT2D eigenvalue weighted by atomic mass is 32.1. The molecule has 1 N–H and O–H groups in total. The number of benzene rings is 2. The highest BCUT2D eigenvalue weighted by Crippen LogP contribution is 2.29. The fourth-order valence-electron chi connectivity index (χ4n) is 2.64. The van der Waals surface area contributed by atoms with Crippen molar-refractivity contribution in [3.8, 4) is 5.75 Å². The molecule has 5 heteroatoms. The van der Waals surface area contributed by atoms with Gasteiger partial charge >= 0.3 is 0 Å². The molecule has 1 aromatic heterocycles. The number of aryl methyl sites for hydroxylation is 2. The van der Waals surface area contributed by atoms with Gasteiger partial charge in [-0.2, -0.15) is 0 Å². The first kappa shape index (κ1) is 16.5. The predicted octanol–water partition coefficient (Wildman–Crippen LogP) is 4.49. The zero-order valence-corrected chi connectivity index (χ0v) is 14.9. The van der Waals surface area contributed by atoms with Crippen molar-refractivity contribution in [2.45, 2.75) is 27.2 Å². The Labute approximate surface area is 145 Å². The molecule has 2 aromatic carbocycles. The number of hydrogen-bond donors (Lipinski definition) is 1. The van der Waals surface area contributed by atoms with E-state index >= 15 is 0 Å². The van der Waals surface area contributed by atoms with Crippen molar-refractivity contribution >= 4 is 32.6 Å². The molecule has 0 unspecified atom stereocenters. The van der Waals surface area contributed by atoms with E-state index in [1.165, 1.54) is 16.9 Å². The number of carbonyl (C=O) groups is 1. The summed E-state index contributed by atoms with van der Waals surface area (Å²) in [5.74, 6) is 0.756. The van der Waals surface area contributed by atoms with Crippen molar-refractivity contribution in [3.63, 3.8) is 0 Å². The van der Waals surface area contributed by atoms with E-state index in [0.717, 1.165) is 27.1 Å². The van der Waals surface area contributed by atoms with E-state index in [1.807, 2.05) is 38.1 Å². The molecule has 24 heavy (non-hydrogen) atoms. The summed E-state index contributed by atoms with van der Waals surface area (Å²) in [7, 11) is 0. The minimum atomic E-state index is -0.0624. The monoisotopic (exact) mass is 340 g/mol. The van der Waals surface area contributed by atoms with Crippen molar-refractivity contribution in [1.29, 1.82) is 0 Å². The van der Waals surface area contributed by atoms with E-state index in [0.29, 0.717) is 18.2 Å². The molecule has 0 aliphatic rings. The summed E-state index contributed by atoms with van der Waals surface area (Å²) < 4.78 is 6.51. The van der Waals surface area contributed by atoms with Crippen LogP contribution in [0.1, 0.15) is 23.6 Å². The quantitative estimate of drug-likeness (QED) is 0.744. The largest absolute Gasteiger partial charge is 0.494 e. The van der Waals surface area contributed by atoms with Crippen LogP contribution in [0.3, 0.4) is 0 Å². The van der Waals surface area contributed by atoms with Crippen molar-refractivity contribution in [2.24, 2.45) is 0 Å². The SMILES string of the molecule is CCOc1ccc(CC(=O)Nc2nc3c(C)cc(C)cc3s2)cc1. The van der Waals surface area contributed by atoms with Gasteiger partial charge in [0.25, 0.3) is 0 Å². The van der Waals surface area contributed by atoms with Crippen LogP contribution >= 0.6 is 11.3 Å². The standard InChI is InChI=1S/C19H20N2O2S/c1-4-23-15-7-5-14(6-8-15)11-17(22)20-19-21-18-13(3)9-12(2)10-16(18)24-19/h5-10H,4,11H2,1-3H3,(H,20,21,22). The number of amides is 1. The van der Waals surface area contributed by atoms with Gasteiger partial charge in [0.2, 0.25) is 5.91 Å². The van der Waals surface area contributed by atoms with Crippen LogP contribution in [0.25, 0.3) is 10.2 Å². The number of nitrogens with one attached hydrogen (secondary N) is 1. The number of aromatic nitrogens is 1. The van der Waals surface area contributed by atoms with Gasteiger partial charge in [-0.25, -0.2) is 4.98 Å². The molecule has 0 bridgehead atoms. The van der Waals surface area contributed by atoms with Crippen LogP contribution in [-0.2, 0) is 11.2 Å². The molecule has 4 nitrogen and oxygen atoms in total. The first-order chi connectivity index (χ1) is 11.5. The molecular formula is C19H20N2O2S. The highest BCUT2D eigenvalue weighted by Gasteiger charge is 2.10. The molecule has 0 fully saturated rings. The molecular weight excluding hydrogens is 320 g/mol. The maximum atomic E-state index is 12.2. The summed E-state index contributed by atoms with van der Waals surface area (Å²) in [6.45, 7) is 6.69. The number of anilines is 1. The van der Waals surface area contributed by atoms with Gasteiger partial charge in [-0.15, -0.1) is 0 Å². The topological polar surface area (TPSA) is 51.2 Å². The number of rotatable bonds is 5. The minimum absolute atomic E-state index is 0.0624. The maximum Gasteiger partial charge on any atom is 0.230 e. The molecule has 0 aliphatic carbocycles. The Bertz CT molecular complexity index is 869. The molecule has 0 radical (unpaired) electrons. The first-order valence-corrected chi connectivity index (χ1v) is 8.76. The number of thiazole rings is 1. The van der Waals surface area contributed by atoms with E-state index < -0.39 is 0 Å². The molecule has 1 amide bonds. The molecule has 1 heterocycles. The van der Waals surface area contributed by atoms with Crippen molar-refractivity contribution in [2.75, 3.05) is 11.9 Å². The Balaban J connectivity index is 1.69. The van der Waals surface area contributed by atoms with Crippen molar-refractivity contribution in [1.82, 2.24) is 4.98 Å². The lowest BCUT2D eigenvalue weighted by atomic mass is 10.1. The highest BCUT2D eigenvalue weighted by molar-refractivity contribution is 7.22. The van der Waals surface area contributed by atoms with Gasteiger partial charge in [0, 0.05) is 0 Å². The van der Waals surface area contributed by atoms with Crippen LogP contribution in [-0.4, -0.2) is 17.5 Å². The first-order valence-electron chi connectivity index (χ1n) is 7.94. The van der Waals surface area contributed by atoms with Crippen LogP contribution in [0.4, 0.5) is 5.13 Å². The summed E-state index contributed by atoms with van der Waals surface area (Å²) >= 11 is 1.51. The molecule has 0 saturated carbocycles. The molecule has 0 atom stereocenters. The number of carbonyl (C=O) groups excluding carboxylic acids is 1. The lowest BCUT2D eigenvalue weighted by molar-refractivity contribution is -0.115. The van der Waals surface area contributed by atoms with Gasteiger partial charge in [-0.1, -0.05) is 29.5 Å². The maximum absolute atomic E-state index is 12.2. The number of ether oxygens (including phenoxy) is 1. The Hall–Kier alpha value is -2.40. The molecule has 124 valence electrons. The third kappa shape index (κ3) is 3.74. The van der Waals surface area contributed by atoms with Gasteiger partial charge in [0.1, 0.15) is 5.75 Å². The average molecular weight is 340 g/mol. The third-order valence-corrected chi connectivity index (χ3v) is 4.59. The van der Waals surface area contributed by atoms with Gasteiger partial charge in [-0.3, -0.25) is 4.79 Å². The van der Waals surface area contributed by atoms with E-state index in [9.17, 15) is 4.79 Å². The van der Waals surface area contributed by atoms with E-state index in [2.05, 4.69) is 29.4 Å². The summed E-state index contributed by atoms with van der Waals surface area (Å²) in [5.41, 5.74) is 4.25. The Morgan fingerprint density at radius 2 is 1.96 bits per heavy atom. The number of hydrogen-bond acceptors (Lipinski definition) is 4. The fraction of sp³-hybridized carbons (Fsp3) is 0.263. The molecule has 0 saturated heterocycles. The average Bonchev–Trinajstić information content (AvgIpc) is 2.92. The second kappa shape index (κ2) is 7.01. The van der Waals surface area contributed by atoms with E-state index in [1.54, 1.807) is 0 Å². The number of fused-ring (bicyclic) bond motifs is 1.